The van der Waals surface area contributed by atoms with Crippen molar-refractivity contribution >= 4 is 29.5 Å². The molecule has 158 valence electrons. The summed E-state index contributed by atoms with van der Waals surface area (Å²) < 4.78 is 5.09. The quantitative estimate of drug-likeness (QED) is 0.234. The Bertz CT molecular complexity index is 907. The molecule has 1 N–H and O–H groups in total. The third-order valence-corrected chi connectivity index (χ3v) is 5.29. The fourth-order valence-corrected chi connectivity index (χ4v) is 3.58. The number of benzene rings is 1. The number of aliphatic imine (C=N–C) groups is 1. The summed E-state index contributed by atoms with van der Waals surface area (Å²) in [5.41, 5.74) is 1.55. The van der Waals surface area contributed by atoms with Crippen LogP contribution in [0.25, 0.3) is 5.76 Å². The van der Waals surface area contributed by atoms with Crippen molar-refractivity contribution in [1.29, 1.82) is 0 Å². The van der Waals surface area contributed by atoms with Crippen molar-refractivity contribution in [2.75, 3.05) is 19.7 Å². The highest BCUT2D eigenvalue weighted by atomic mass is 35.5. The van der Waals surface area contributed by atoms with Gasteiger partial charge >= 0.3 is 5.97 Å². The van der Waals surface area contributed by atoms with Gasteiger partial charge < -0.3 is 9.84 Å². The number of likely N-dealkylation sites (tertiary alicyclic amines) is 1. The Hall–Kier alpha value is -2.70. The number of carbonyl (C=O) groups excluding carboxylic acids is 1. The van der Waals surface area contributed by atoms with Gasteiger partial charge in [-0.1, -0.05) is 41.9 Å². The van der Waals surface area contributed by atoms with E-state index < -0.39 is 5.97 Å². The molecule has 0 unspecified atom stereocenters. The number of aliphatic hydroxyl groups excluding tert-OH is 1. The van der Waals surface area contributed by atoms with E-state index in [1.54, 1.807) is 19.1 Å². The first kappa shape index (κ1) is 22.0. The molecule has 2 heterocycles. The van der Waals surface area contributed by atoms with E-state index in [4.69, 9.17) is 16.3 Å². The maximum absolute atomic E-state index is 12.4. The molecule has 6 nitrogen and oxygen atoms in total. The van der Waals surface area contributed by atoms with Crippen molar-refractivity contribution in [3.8, 4) is 0 Å². The molecule has 1 aliphatic heterocycles. The smallest absolute Gasteiger partial charge is 0.343 e. The normalized spacial score (nSPS) is 16.5. The van der Waals surface area contributed by atoms with Crippen molar-refractivity contribution in [3.05, 3.63) is 70.5 Å². The van der Waals surface area contributed by atoms with E-state index in [9.17, 15) is 9.90 Å². The lowest BCUT2D eigenvalue weighted by Gasteiger charge is -2.30. The van der Waals surface area contributed by atoms with Gasteiger partial charge in [0.15, 0.2) is 0 Å². The monoisotopic (exact) mass is 427 g/mol. The number of hydrogen-bond donors (Lipinski definition) is 1. The Morgan fingerprint density at radius 2 is 2.00 bits per heavy atom. The molecule has 1 aliphatic rings. The molecule has 1 saturated heterocycles. The van der Waals surface area contributed by atoms with Crippen LogP contribution < -0.4 is 0 Å². The summed E-state index contributed by atoms with van der Waals surface area (Å²) in [6.07, 6.45) is 4.69. The highest BCUT2D eigenvalue weighted by Crippen LogP contribution is 2.23. The number of aliphatic hydroxyl groups is 1. The molecule has 3 rings (SSSR count). The SMILES string of the molecule is CCOC(=O)/C(C=NC1CCN(Cc2ccccc2)CC1)=C(/O)c1cccnc1Cl. The summed E-state index contributed by atoms with van der Waals surface area (Å²) in [6.45, 7) is 4.68. The molecule has 30 heavy (non-hydrogen) atoms. The number of esters is 1. The number of carbonyl (C=O) groups is 1. The second-order valence-electron chi connectivity index (χ2n) is 7.10. The molecule has 0 spiro atoms. The van der Waals surface area contributed by atoms with Crippen molar-refractivity contribution in [3.63, 3.8) is 0 Å². The first-order chi connectivity index (χ1) is 14.6. The highest BCUT2D eigenvalue weighted by molar-refractivity contribution is 6.31. The Morgan fingerprint density at radius 1 is 1.27 bits per heavy atom. The van der Waals surface area contributed by atoms with Gasteiger partial charge in [-0.15, -0.1) is 0 Å². The maximum atomic E-state index is 12.4. The van der Waals surface area contributed by atoms with E-state index in [-0.39, 0.29) is 34.7 Å². The van der Waals surface area contributed by atoms with Crippen LogP contribution in [0.4, 0.5) is 0 Å². The van der Waals surface area contributed by atoms with E-state index >= 15 is 0 Å². The number of hydrogen-bond acceptors (Lipinski definition) is 6. The van der Waals surface area contributed by atoms with Crippen LogP contribution in [0.3, 0.4) is 0 Å². The van der Waals surface area contributed by atoms with Gasteiger partial charge in [-0.2, -0.15) is 0 Å². The van der Waals surface area contributed by atoms with Gasteiger partial charge in [0, 0.05) is 32.0 Å². The highest BCUT2D eigenvalue weighted by Gasteiger charge is 2.21. The van der Waals surface area contributed by atoms with Crippen LogP contribution in [0.15, 0.2) is 59.2 Å². The minimum absolute atomic E-state index is 0.0153. The Balaban J connectivity index is 1.69. The fourth-order valence-electron chi connectivity index (χ4n) is 3.38. The lowest BCUT2D eigenvalue weighted by atomic mass is 10.0. The number of rotatable bonds is 7. The van der Waals surface area contributed by atoms with Crippen LogP contribution in [0.2, 0.25) is 5.15 Å². The molecule has 0 bridgehead atoms. The predicted molar refractivity (Wildman–Crippen MR) is 119 cm³/mol. The minimum Gasteiger partial charge on any atom is -0.506 e. The van der Waals surface area contributed by atoms with Crippen LogP contribution in [-0.2, 0) is 16.1 Å². The van der Waals surface area contributed by atoms with Gasteiger partial charge in [0.2, 0.25) is 0 Å². The number of nitrogens with zero attached hydrogens (tertiary/aromatic N) is 3. The van der Waals surface area contributed by atoms with Crippen molar-refractivity contribution in [2.24, 2.45) is 4.99 Å². The molecule has 7 heteroatoms. The molecule has 1 fully saturated rings. The van der Waals surface area contributed by atoms with Crippen molar-refractivity contribution in [1.82, 2.24) is 9.88 Å². The molecule has 0 saturated carbocycles. The lowest BCUT2D eigenvalue weighted by molar-refractivity contribution is -0.137. The van der Waals surface area contributed by atoms with Gasteiger partial charge in [-0.3, -0.25) is 9.89 Å². The first-order valence-corrected chi connectivity index (χ1v) is 10.5. The topological polar surface area (TPSA) is 75.0 Å². The number of aromatic nitrogens is 1. The van der Waals surface area contributed by atoms with E-state index in [2.05, 4.69) is 39.1 Å². The summed E-state index contributed by atoms with van der Waals surface area (Å²) in [6, 6.07) is 13.7. The molecule has 2 aromatic rings. The van der Waals surface area contributed by atoms with Gasteiger partial charge in [0.25, 0.3) is 0 Å². The first-order valence-electron chi connectivity index (χ1n) is 10.1. The zero-order chi connectivity index (χ0) is 21.3. The molecule has 1 aromatic heterocycles. The molecule has 0 amide bonds. The van der Waals surface area contributed by atoms with E-state index in [0.717, 1.165) is 32.5 Å². The number of piperidine rings is 1. The van der Waals surface area contributed by atoms with Gasteiger partial charge in [0.1, 0.15) is 16.5 Å². The molecule has 0 radical (unpaired) electrons. The number of halogens is 1. The van der Waals surface area contributed by atoms with Crippen LogP contribution in [-0.4, -0.2) is 52.9 Å². The maximum Gasteiger partial charge on any atom is 0.343 e. The van der Waals surface area contributed by atoms with E-state index in [0.29, 0.717) is 0 Å². The fraction of sp³-hybridized carbons (Fsp3) is 0.348. The third-order valence-electron chi connectivity index (χ3n) is 4.99. The summed E-state index contributed by atoms with van der Waals surface area (Å²) >= 11 is 6.07. The van der Waals surface area contributed by atoms with Crippen LogP contribution >= 0.6 is 11.6 Å². The summed E-state index contributed by atoms with van der Waals surface area (Å²) in [5, 5.41) is 10.8. The summed E-state index contributed by atoms with van der Waals surface area (Å²) in [7, 11) is 0. The van der Waals surface area contributed by atoms with Gasteiger partial charge in [-0.25, -0.2) is 9.78 Å². The Kier molecular flexibility index (Phi) is 7.99. The second-order valence-corrected chi connectivity index (χ2v) is 7.45. The molecule has 0 atom stereocenters. The van der Waals surface area contributed by atoms with Crippen LogP contribution in [0.1, 0.15) is 30.9 Å². The Morgan fingerprint density at radius 3 is 2.67 bits per heavy atom. The average Bonchev–Trinajstić information content (AvgIpc) is 2.76. The average molecular weight is 428 g/mol. The molecular weight excluding hydrogens is 402 g/mol. The van der Waals surface area contributed by atoms with Crippen molar-refractivity contribution < 1.29 is 14.6 Å². The Labute approximate surface area is 181 Å². The zero-order valence-corrected chi connectivity index (χ0v) is 17.8. The predicted octanol–water partition coefficient (Wildman–Crippen LogP) is 4.30. The van der Waals surface area contributed by atoms with E-state index in [1.165, 1.54) is 18.0 Å². The van der Waals surface area contributed by atoms with Gasteiger partial charge in [0.05, 0.1) is 18.2 Å². The van der Waals surface area contributed by atoms with Crippen LogP contribution in [0.5, 0.6) is 0 Å². The zero-order valence-electron chi connectivity index (χ0n) is 17.0. The second kappa shape index (κ2) is 10.9. The lowest BCUT2D eigenvalue weighted by Crippen LogP contribution is -2.34. The standard InChI is InChI=1S/C23H26ClN3O3/c1-2-30-23(29)20(21(28)19-9-6-12-25-22(19)24)15-26-18-10-13-27(14-11-18)16-17-7-4-3-5-8-17/h3-9,12,15,18,28H,2,10-11,13-14,16H2,1H3/b21-20+,26-15?. The minimum atomic E-state index is -0.639. The van der Waals surface area contributed by atoms with Gasteiger partial charge in [-0.05, 0) is 37.5 Å². The molecule has 1 aromatic carbocycles. The van der Waals surface area contributed by atoms with Crippen LogP contribution in [0, 0.1) is 0 Å². The number of ether oxygens (including phenoxy) is 1. The third kappa shape index (κ3) is 5.90. The molecular formula is C23H26ClN3O3. The molecule has 0 aliphatic carbocycles. The summed E-state index contributed by atoms with van der Waals surface area (Å²) in [4.78, 5) is 23.3. The van der Waals surface area contributed by atoms with Crippen molar-refractivity contribution in [2.45, 2.75) is 32.4 Å². The summed E-state index contributed by atoms with van der Waals surface area (Å²) in [5.74, 6) is -0.919. The largest absolute Gasteiger partial charge is 0.506 e. The van der Waals surface area contributed by atoms with E-state index in [1.807, 2.05) is 6.07 Å². The number of pyridine rings is 1.